The Bertz CT molecular complexity index is 428. The van der Waals surface area contributed by atoms with Crippen molar-refractivity contribution in [2.24, 2.45) is 0 Å². The second kappa shape index (κ2) is 6.41. The molecule has 1 aromatic carbocycles. The number of hydrogen-bond donors (Lipinski definition) is 1. The zero-order valence-electron chi connectivity index (χ0n) is 8.79. The maximum absolute atomic E-state index is 11.3. The van der Waals surface area contributed by atoms with Gasteiger partial charge < -0.3 is 5.32 Å². The monoisotopic (exact) mass is 254 g/mol. The fourth-order valence-corrected chi connectivity index (χ4v) is 2.06. The standard InChI is InChI=1S/C11H11ClN2OS/c1-2-16-10-4-3-8(12)7-9(10)14-11(15)5-6-13/h3-4,7H,2,5H2,1H3,(H,14,15). The number of anilines is 1. The second-order valence-electron chi connectivity index (χ2n) is 2.96. The number of amides is 1. The maximum Gasteiger partial charge on any atom is 0.238 e. The van der Waals surface area contributed by atoms with E-state index >= 15 is 0 Å². The van der Waals surface area contributed by atoms with Crippen LogP contribution in [0.3, 0.4) is 0 Å². The summed E-state index contributed by atoms with van der Waals surface area (Å²) in [5, 5.41) is 11.6. The van der Waals surface area contributed by atoms with Crippen molar-refractivity contribution in [1.82, 2.24) is 0 Å². The Hall–Kier alpha value is -1.18. The highest BCUT2D eigenvalue weighted by atomic mass is 35.5. The Kier molecular flexibility index (Phi) is 5.17. The predicted molar refractivity (Wildman–Crippen MR) is 66.7 cm³/mol. The molecule has 0 fully saturated rings. The van der Waals surface area contributed by atoms with Gasteiger partial charge in [0.1, 0.15) is 6.42 Å². The smallest absolute Gasteiger partial charge is 0.238 e. The summed E-state index contributed by atoms with van der Waals surface area (Å²) < 4.78 is 0. The molecule has 0 unspecified atom stereocenters. The van der Waals surface area contributed by atoms with Crippen LogP contribution in [0.2, 0.25) is 5.02 Å². The fraction of sp³-hybridized carbons (Fsp3) is 0.273. The topological polar surface area (TPSA) is 52.9 Å². The molecular formula is C11H11ClN2OS. The molecule has 5 heteroatoms. The highest BCUT2D eigenvalue weighted by molar-refractivity contribution is 7.99. The Morgan fingerprint density at radius 1 is 1.62 bits per heavy atom. The molecule has 1 amide bonds. The molecule has 1 aromatic rings. The first kappa shape index (κ1) is 12.9. The van der Waals surface area contributed by atoms with E-state index in [1.165, 1.54) is 0 Å². The molecule has 16 heavy (non-hydrogen) atoms. The second-order valence-corrected chi connectivity index (χ2v) is 4.70. The van der Waals surface area contributed by atoms with Crippen LogP contribution in [-0.4, -0.2) is 11.7 Å². The van der Waals surface area contributed by atoms with Gasteiger partial charge in [-0.05, 0) is 24.0 Å². The van der Waals surface area contributed by atoms with Gasteiger partial charge in [-0.25, -0.2) is 0 Å². The van der Waals surface area contributed by atoms with Crippen molar-refractivity contribution in [1.29, 1.82) is 5.26 Å². The quantitative estimate of drug-likeness (QED) is 0.839. The van der Waals surface area contributed by atoms with Crippen LogP contribution in [0.15, 0.2) is 23.1 Å². The van der Waals surface area contributed by atoms with E-state index in [1.807, 2.05) is 13.0 Å². The molecule has 84 valence electrons. The van der Waals surface area contributed by atoms with Gasteiger partial charge in [0.05, 0.1) is 11.8 Å². The highest BCUT2D eigenvalue weighted by Gasteiger charge is 2.07. The molecule has 0 aliphatic carbocycles. The summed E-state index contributed by atoms with van der Waals surface area (Å²) >= 11 is 7.47. The van der Waals surface area contributed by atoms with Gasteiger partial charge in [0, 0.05) is 9.92 Å². The van der Waals surface area contributed by atoms with Gasteiger partial charge in [-0.15, -0.1) is 11.8 Å². The molecule has 0 aromatic heterocycles. The molecule has 0 saturated carbocycles. The Labute approximate surface area is 104 Å². The summed E-state index contributed by atoms with van der Waals surface area (Å²) in [5.41, 5.74) is 0.666. The van der Waals surface area contributed by atoms with Crippen LogP contribution >= 0.6 is 23.4 Å². The molecule has 0 bridgehead atoms. The van der Waals surface area contributed by atoms with E-state index in [9.17, 15) is 4.79 Å². The number of nitrogens with zero attached hydrogens (tertiary/aromatic N) is 1. The summed E-state index contributed by atoms with van der Waals surface area (Å²) in [4.78, 5) is 12.3. The summed E-state index contributed by atoms with van der Waals surface area (Å²) in [6.07, 6.45) is -0.150. The molecule has 0 saturated heterocycles. The average Bonchev–Trinajstić information content (AvgIpc) is 2.22. The van der Waals surface area contributed by atoms with Gasteiger partial charge in [-0.3, -0.25) is 4.79 Å². The number of hydrogen-bond acceptors (Lipinski definition) is 3. The molecular weight excluding hydrogens is 244 g/mol. The van der Waals surface area contributed by atoms with Gasteiger partial charge in [-0.2, -0.15) is 5.26 Å². The van der Waals surface area contributed by atoms with Gasteiger partial charge in [0.25, 0.3) is 0 Å². The van der Waals surface area contributed by atoms with Gasteiger partial charge in [0.2, 0.25) is 5.91 Å². The van der Waals surface area contributed by atoms with Crippen molar-refractivity contribution in [2.45, 2.75) is 18.2 Å². The summed E-state index contributed by atoms with van der Waals surface area (Å²) in [6.45, 7) is 2.03. The Morgan fingerprint density at radius 3 is 3.00 bits per heavy atom. The Balaban J connectivity index is 2.88. The predicted octanol–water partition coefficient (Wildman–Crippen LogP) is 3.30. The fourth-order valence-electron chi connectivity index (χ4n) is 1.15. The van der Waals surface area contributed by atoms with Crippen LogP contribution in [0.25, 0.3) is 0 Å². The lowest BCUT2D eigenvalue weighted by Crippen LogP contribution is -2.10. The Morgan fingerprint density at radius 2 is 2.38 bits per heavy atom. The van der Waals surface area contributed by atoms with E-state index in [1.54, 1.807) is 30.0 Å². The van der Waals surface area contributed by atoms with Crippen molar-refractivity contribution >= 4 is 35.0 Å². The van der Waals surface area contributed by atoms with Crippen molar-refractivity contribution in [2.75, 3.05) is 11.1 Å². The number of rotatable bonds is 4. The summed E-state index contributed by atoms with van der Waals surface area (Å²) in [5.74, 6) is 0.589. The number of nitriles is 1. The van der Waals surface area contributed by atoms with E-state index in [4.69, 9.17) is 16.9 Å². The van der Waals surface area contributed by atoms with Crippen molar-refractivity contribution in [3.8, 4) is 6.07 Å². The number of carbonyl (C=O) groups is 1. The van der Waals surface area contributed by atoms with E-state index < -0.39 is 0 Å². The number of carbonyl (C=O) groups excluding carboxylic acids is 1. The third-order valence-corrected chi connectivity index (χ3v) is 2.95. The van der Waals surface area contributed by atoms with Crippen LogP contribution < -0.4 is 5.32 Å². The van der Waals surface area contributed by atoms with Gasteiger partial charge in [0.15, 0.2) is 0 Å². The molecule has 0 heterocycles. The van der Waals surface area contributed by atoms with Crippen molar-refractivity contribution in [3.05, 3.63) is 23.2 Å². The van der Waals surface area contributed by atoms with Crippen molar-refractivity contribution in [3.63, 3.8) is 0 Å². The zero-order chi connectivity index (χ0) is 12.0. The molecule has 0 aliphatic rings. The maximum atomic E-state index is 11.3. The van der Waals surface area contributed by atoms with Crippen LogP contribution in [0, 0.1) is 11.3 Å². The normalized spacial score (nSPS) is 9.56. The van der Waals surface area contributed by atoms with Crippen molar-refractivity contribution < 1.29 is 4.79 Å². The van der Waals surface area contributed by atoms with Crippen LogP contribution in [0.1, 0.15) is 13.3 Å². The van der Waals surface area contributed by atoms with Gasteiger partial charge in [-0.1, -0.05) is 18.5 Å². The lowest BCUT2D eigenvalue weighted by molar-refractivity contribution is -0.115. The number of thioether (sulfide) groups is 1. The molecule has 0 aliphatic heterocycles. The largest absolute Gasteiger partial charge is 0.324 e. The van der Waals surface area contributed by atoms with E-state index in [-0.39, 0.29) is 12.3 Å². The number of halogens is 1. The molecule has 0 spiro atoms. The molecule has 1 rings (SSSR count). The lowest BCUT2D eigenvalue weighted by Gasteiger charge is -2.09. The average molecular weight is 255 g/mol. The minimum absolute atomic E-state index is 0.150. The highest BCUT2D eigenvalue weighted by Crippen LogP contribution is 2.29. The minimum Gasteiger partial charge on any atom is -0.324 e. The van der Waals surface area contributed by atoms with Gasteiger partial charge >= 0.3 is 0 Å². The third-order valence-electron chi connectivity index (χ3n) is 1.76. The lowest BCUT2D eigenvalue weighted by atomic mass is 10.3. The summed E-state index contributed by atoms with van der Waals surface area (Å²) in [7, 11) is 0. The minimum atomic E-state index is -0.317. The van der Waals surface area contributed by atoms with Crippen LogP contribution in [0.4, 0.5) is 5.69 Å². The first-order chi connectivity index (χ1) is 7.67. The summed E-state index contributed by atoms with van der Waals surface area (Å²) in [6, 6.07) is 7.13. The SMILES string of the molecule is CCSc1ccc(Cl)cc1NC(=O)CC#N. The van der Waals surface area contributed by atoms with Crippen LogP contribution in [-0.2, 0) is 4.79 Å². The first-order valence-corrected chi connectivity index (χ1v) is 6.13. The molecule has 3 nitrogen and oxygen atoms in total. The molecule has 0 radical (unpaired) electrons. The first-order valence-electron chi connectivity index (χ1n) is 4.76. The number of benzene rings is 1. The third kappa shape index (κ3) is 3.76. The van der Waals surface area contributed by atoms with E-state index in [0.29, 0.717) is 10.7 Å². The van der Waals surface area contributed by atoms with Crippen LogP contribution in [0.5, 0.6) is 0 Å². The van der Waals surface area contributed by atoms with E-state index in [2.05, 4.69) is 5.32 Å². The molecule has 0 atom stereocenters. The van der Waals surface area contributed by atoms with E-state index in [0.717, 1.165) is 10.6 Å². The molecule has 1 N–H and O–H groups in total. The number of nitrogens with one attached hydrogen (secondary N) is 1. The zero-order valence-corrected chi connectivity index (χ0v) is 10.4.